The third kappa shape index (κ3) is 4.33. The lowest BCUT2D eigenvalue weighted by Crippen LogP contribution is -2.51. The number of aromatic nitrogens is 1. The quantitative estimate of drug-likeness (QED) is 0.911. The molecule has 2 N–H and O–H groups in total. The van der Waals surface area contributed by atoms with Crippen molar-refractivity contribution in [2.24, 2.45) is 5.73 Å². The SMILES string of the molecule is Cc1cncc(C(=O)N2CCCCC2C(C)N)c1.Cl.Cl. The molecule has 114 valence electrons. The van der Waals surface area contributed by atoms with Gasteiger partial charge in [-0.2, -0.15) is 0 Å². The van der Waals surface area contributed by atoms with Gasteiger partial charge < -0.3 is 10.6 Å². The fourth-order valence-electron chi connectivity index (χ4n) is 2.59. The van der Waals surface area contributed by atoms with E-state index in [0.29, 0.717) is 5.56 Å². The molecule has 0 aliphatic carbocycles. The maximum Gasteiger partial charge on any atom is 0.255 e. The van der Waals surface area contributed by atoms with Gasteiger partial charge in [0.25, 0.3) is 5.91 Å². The van der Waals surface area contributed by atoms with Gasteiger partial charge in [0.1, 0.15) is 0 Å². The molecule has 2 heterocycles. The van der Waals surface area contributed by atoms with Crippen LogP contribution in [-0.2, 0) is 0 Å². The minimum absolute atomic E-state index is 0. The summed E-state index contributed by atoms with van der Waals surface area (Å²) in [5.74, 6) is 0.0631. The number of rotatable bonds is 2. The van der Waals surface area contributed by atoms with E-state index in [4.69, 9.17) is 5.73 Å². The van der Waals surface area contributed by atoms with E-state index in [1.165, 1.54) is 0 Å². The number of carbonyl (C=O) groups excluding carboxylic acids is 1. The fourth-order valence-corrected chi connectivity index (χ4v) is 2.59. The Hall–Kier alpha value is -0.840. The number of pyridine rings is 1. The number of piperidine rings is 1. The average molecular weight is 320 g/mol. The predicted molar refractivity (Wildman–Crippen MR) is 85.8 cm³/mol. The number of hydrogen-bond acceptors (Lipinski definition) is 3. The molecule has 1 amide bonds. The van der Waals surface area contributed by atoms with Crippen LogP contribution in [0.4, 0.5) is 0 Å². The van der Waals surface area contributed by atoms with Crippen LogP contribution in [0.3, 0.4) is 0 Å². The third-order valence-electron chi connectivity index (χ3n) is 3.54. The highest BCUT2D eigenvalue weighted by Gasteiger charge is 2.29. The molecule has 2 rings (SSSR count). The van der Waals surface area contributed by atoms with Crippen LogP contribution < -0.4 is 5.73 Å². The van der Waals surface area contributed by atoms with Crippen LogP contribution in [0.5, 0.6) is 0 Å². The number of nitrogens with zero attached hydrogens (tertiary/aromatic N) is 2. The van der Waals surface area contributed by atoms with Crippen molar-refractivity contribution in [2.45, 2.75) is 45.2 Å². The van der Waals surface area contributed by atoms with Crippen molar-refractivity contribution < 1.29 is 4.79 Å². The summed E-state index contributed by atoms with van der Waals surface area (Å²) in [7, 11) is 0. The van der Waals surface area contributed by atoms with Gasteiger partial charge in [0.15, 0.2) is 0 Å². The Bertz CT molecular complexity index is 440. The highest BCUT2D eigenvalue weighted by atomic mass is 35.5. The maximum absolute atomic E-state index is 12.5. The summed E-state index contributed by atoms with van der Waals surface area (Å²) in [5.41, 5.74) is 7.67. The third-order valence-corrected chi connectivity index (χ3v) is 3.54. The Morgan fingerprint density at radius 1 is 1.40 bits per heavy atom. The van der Waals surface area contributed by atoms with E-state index in [1.54, 1.807) is 12.4 Å². The van der Waals surface area contributed by atoms with E-state index < -0.39 is 0 Å². The first kappa shape index (κ1) is 19.2. The molecule has 6 heteroatoms. The summed E-state index contributed by atoms with van der Waals surface area (Å²) >= 11 is 0. The van der Waals surface area contributed by atoms with Gasteiger partial charge in [-0.15, -0.1) is 24.8 Å². The largest absolute Gasteiger partial charge is 0.334 e. The van der Waals surface area contributed by atoms with Crippen LogP contribution in [-0.4, -0.2) is 34.4 Å². The molecule has 0 bridgehead atoms. The van der Waals surface area contributed by atoms with E-state index in [2.05, 4.69) is 4.98 Å². The number of aryl methyl sites for hydroxylation is 1. The second-order valence-electron chi connectivity index (χ2n) is 5.17. The Kier molecular flexibility index (Phi) is 8.09. The zero-order valence-corrected chi connectivity index (χ0v) is 13.5. The lowest BCUT2D eigenvalue weighted by atomic mass is 9.96. The topological polar surface area (TPSA) is 59.2 Å². The first-order valence-electron chi connectivity index (χ1n) is 6.58. The summed E-state index contributed by atoms with van der Waals surface area (Å²) in [4.78, 5) is 18.5. The zero-order chi connectivity index (χ0) is 13.1. The van der Waals surface area contributed by atoms with Gasteiger partial charge in [-0.25, -0.2) is 0 Å². The minimum Gasteiger partial charge on any atom is -0.334 e. The molecule has 20 heavy (non-hydrogen) atoms. The van der Waals surface area contributed by atoms with Crippen molar-refractivity contribution in [3.63, 3.8) is 0 Å². The van der Waals surface area contributed by atoms with Crippen molar-refractivity contribution in [1.29, 1.82) is 0 Å². The van der Waals surface area contributed by atoms with Crippen molar-refractivity contribution in [3.8, 4) is 0 Å². The van der Waals surface area contributed by atoms with Crippen molar-refractivity contribution >= 4 is 30.7 Å². The van der Waals surface area contributed by atoms with Crippen LogP contribution in [0.15, 0.2) is 18.5 Å². The Labute approximate surface area is 132 Å². The van der Waals surface area contributed by atoms with Gasteiger partial charge in [-0.3, -0.25) is 9.78 Å². The van der Waals surface area contributed by atoms with Crippen LogP contribution >= 0.6 is 24.8 Å². The maximum atomic E-state index is 12.5. The Morgan fingerprint density at radius 3 is 2.70 bits per heavy atom. The molecule has 0 spiro atoms. The molecule has 1 aliphatic heterocycles. The smallest absolute Gasteiger partial charge is 0.255 e. The highest BCUT2D eigenvalue weighted by Crippen LogP contribution is 2.21. The molecule has 1 saturated heterocycles. The van der Waals surface area contributed by atoms with E-state index in [-0.39, 0.29) is 42.8 Å². The second-order valence-corrected chi connectivity index (χ2v) is 5.17. The molecule has 1 aromatic rings. The molecule has 1 aliphatic rings. The van der Waals surface area contributed by atoms with Gasteiger partial charge in [0.05, 0.1) is 5.56 Å². The number of likely N-dealkylation sites (tertiary alicyclic amines) is 1. The normalized spacial score (nSPS) is 19.6. The van der Waals surface area contributed by atoms with E-state index in [9.17, 15) is 4.79 Å². The molecular weight excluding hydrogens is 297 g/mol. The van der Waals surface area contributed by atoms with Gasteiger partial charge >= 0.3 is 0 Å². The highest BCUT2D eigenvalue weighted by molar-refractivity contribution is 5.94. The zero-order valence-electron chi connectivity index (χ0n) is 11.9. The number of amides is 1. The minimum atomic E-state index is 0. The van der Waals surface area contributed by atoms with Gasteiger partial charge in [0, 0.05) is 31.0 Å². The van der Waals surface area contributed by atoms with Gasteiger partial charge in [0.2, 0.25) is 0 Å². The molecule has 0 radical (unpaired) electrons. The molecule has 2 atom stereocenters. The summed E-state index contributed by atoms with van der Waals surface area (Å²) in [6, 6.07) is 2.07. The lowest BCUT2D eigenvalue weighted by molar-refractivity contribution is 0.0583. The monoisotopic (exact) mass is 319 g/mol. The summed E-state index contributed by atoms with van der Waals surface area (Å²) in [5, 5.41) is 0. The van der Waals surface area contributed by atoms with Crippen molar-refractivity contribution in [3.05, 3.63) is 29.6 Å². The molecule has 1 aromatic heterocycles. The predicted octanol–water partition coefficient (Wildman–Crippen LogP) is 2.58. The van der Waals surface area contributed by atoms with Crippen molar-refractivity contribution in [1.82, 2.24) is 9.88 Å². The van der Waals surface area contributed by atoms with Crippen LogP contribution in [0.2, 0.25) is 0 Å². The van der Waals surface area contributed by atoms with E-state index in [1.807, 2.05) is 24.8 Å². The Balaban J connectivity index is 0.00000180. The van der Waals surface area contributed by atoms with E-state index in [0.717, 1.165) is 31.4 Å². The Morgan fingerprint density at radius 2 is 2.10 bits per heavy atom. The number of carbonyl (C=O) groups is 1. The van der Waals surface area contributed by atoms with E-state index >= 15 is 0 Å². The van der Waals surface area contributed by atoms with Gasteiger partial charge in [-0.05, 0) is 44.7 Å². The summed E-state index contributed by atoms with van der Waals surface area (Å²) < 4.78 is 0. The first-order valence-corrected chi connectivity index (χ1v) is 6.58. The number of halogens is 2. The van der Waals surface area contributed by atoms with Crippen LogP contribution in [0.1, 0.15) is 42.1 Å². The van der Waals surface area contributed by atoms with Crippen LogP contribution in [0, 0.1) is 6.92 Å². The number of hydrogen-bond donors (Lipinski definition) is 1. The standard InChI is InChI=1S/C14H21N3O.2ClH/c1-10-7-12(9-16-8-10)14(18)17-6-4-3-5-13(17)11(2)15;;/h7-9,11,13H,3-6,15H2,1-2H3;2*1H. The number of nitrogens with two attached hydrogens (primary N) is 1. The molecule has 2 unspecified atom stereocenters. The lowest BCUT2D eigenvalue weighted by Gasteiger charge is -2.38. The molecule has 1 fully saturated rings. The first-order chi connectivity index (χ1) is 8.59. The van der Waals surface area contributed by atoms with Crippen molar-refractivity contribution in [2.75, 3.05) is 6.54 Å². The fraction of sp³-hybridized carbons (Fsp3) is 0.571. The second kappa shape index (κ2) is 8.45. The molecular formula is C14H23Cl2N3O. The molecule has 4 nitrogen and oxygen atoms in total. The molecule has 0 aromatic carbocycles. The van der Waals surface area contributed by atoms with Gasteiger partial charge in [-0.1, -0.05) is 0 Å². The summed E-state index contributed by atoms with van der Waals surface area (Å²) in [6.07, 6.45) is 6.62. The average Bonchev–Trinajstić information content (AvgIpc) is 2.38. The molecule has 0 saturated carbocycles. The summed E-state index contributed by atoms with van der Waals surface area (Å²) in [6.45, 7) is 4.73. The van der Waals surface area contributed by atoms with Crippen LogP contribution in [0.25, 0.3) is 0 Å².